The first kappa shape index (κ1) is 41.8. The van der Waals surface area contributed by atoms with Crippen molar-refractivity contribution in [2.45, 2.75) is 188 Å². The number of carbonyl (C=O) groups is 1. The van der Waals surface area contributed by atoms with Gasteiger partial charge in [0.1, 0.15) is 17.1 Å². The van der Waals surface area contributed by atoms with Crippen molar-refractivity contribution >= 4 is 21.9 Å². The van der Waals surface area contributed by atoms with Crippen LogP contribution in [0.15, 0.2) is 12.1 Å². The van der Waals surface area contributed by atoms with Gasteiger partial charge in [-0.1, -0.05) is 178 Å². The number of halogens is 1. The first-order valence-electron chi connectivity index (χ1n) is 19.3. The van der Waals surface area contributed by atoms with E-state index in [1.54, 1.807) is 0 Å². The van der Waals surface area contributed by atoms with E-state index >= 15 is 0 Å². The minimum absolute atomic E-state index is 0.238. The molecule has 0 unspecified atom stereocenters. The van der Waals surface area contributed by atoms with Gasteiger partial charge in [-0.05, 0) is 37.3 Å². The normalized spacial score (nSPS) is 11.2. The highest BCUT2D eigenvalue weighted by atomic mass is 79.9. The number of unbranched alkanes of at least 4 members (excludes halogenated alkanes) is 22. The van der Waals surface area contributed by atoms with E-state index in [2.05, 4.69) is 42.8 Å². The molecule has 0 amide bonds. The third-order valence-electron chi connectivity index (χ3n) is 8.74. The van der Waals surface area contributed by atoms with E-state index in [0.717, 1.165) is 55.2 Å². The molecule has 4 nitrogen and oxygen atoms in total. The number of ether oxygens (including phenoxy) is 3. The Morgan fingerprint density at radius 1 is 0.533 bits per heavy atom. The molecule has 0 saturated heterocycles. The molecular formula is C40H71BrO4. The lowest BCUT2D eigenvalue weighted by molar-refractivity contribution is 0.0491. The first-order chi connectivity index (χ1) is 22.2. The Kier molecular flexibility index (Phi) is 29.1. The van der Waals surface area contributed by atoms with Gasteiger partial charge < -0.3 is 14.2 Å². The summed E-state index contributed by atoms with van der Waals surface area (Å²) in [6.07, 6.45) is 32.4. The Balaban J connectivity index is 2.73. The molecule has 0 N–H and O–H groups in total. The van der Waals surface area contributed by atoms with Crippen molar-refractivity contribution in [1.82, 2.24) is 0 Å². The van der Waals surface area contributed by atoms with Crippen molar-refractivity contribution in [2.75, 3.05) is 25.2 Å². The molecule has 0 radical (unpaired) electrons. The number of hydrogen-bond donors (Lipinski definition) is 0. The minimum Gasteiger partial charge on any atom is -0.493 e. The second-order valence-corrected chi connectivity index (χ2v) is 13.8. The zero-order chi connectivity index (χ0) is 32.6. The van der Waals surface area contributed by atoms with Crippen LogP contribution in [0.5, 0.6) is 11.5 Å². The summed E-state index contributed by atoms with van der Waals surface area (Å²) >= 11 is 3.48. The summed E-state index contributed by atoms with van der Waals surface area (Å²) in [4.78, 5) is 13.5. The molecule has 5 heteroatoms. The second kappa shape index (κ2) is 31.4. The molecule has 0 fully saturated rings. The van der Waals surface area contributed by atoms with Gasteiger partial charge in [-0.2, -0.15) is 0 Å². The van der Waals surface area contributed by atoms with Crippen LogP contribution in [0.25, 0.3) is 0 Å². The molecule has 45 heavy (non-hydrogen) atoms. The zero-order valence-corrected chi connectivity index (χ0v) is 31.5. The average Bonchev–Trinajstić information content (AvgIpc) is 3.04. The van der Waals surface area contributed by atoms with E-state index in [9.17, 15) is 4.79 Å². The average molecular weight is 696 g/mol. The fraction of sp³-hybridized carbons (Fsp3) is 0.825. The molecule has 1 rings (SSSR count). The lowest BCUT2D eigenvalue weighted by atomic mass is 9.98. The predicted molar refractivity (Wildman–Crippen MR) is 198 cm³/mol. The Labute approximate surface area is 287 Å². The van der Waals surface area contributed by atoms with Crippen molar-refractivity contribution in [2.24, 2.45) is 0 Å². The Morgan fingerprint density at radius 2 is 0.978 bits per heavy atom. The molecule has 1 aromatic carbocycles. The molecule has 0 aliphatic rings. The second-order valence-electron chi connectivity index (χ2n) is 13.0. The molecule has 0 heterocycles. The number of carbonyl (C=O) groups excluding carboxylic acids is 1. The van der Waals surface area contributed by atoms with Gasteiger partial charge in [0.05, 0.1) is 19.8 Å². The smallest absolute Gasteiger partial charge is 0.342 e. The van der Waals surface area contributed by atoms with Crippen LogP contribution in [0.4, 0.5) is 0 Å². The number of aryl methyl sites for hydroxylation is 1. The Hall–Kier alpha value is -1.23. The third kappa shape index (κ3) is 22.9. The van der Waals surface area contributed by atoms with Crippen LogP contribution in [0.3, 0.4) is 0 Å². The summed E-state index contributed by atoms with van der Waals surface area (Å²) in [6.45, 7) is 8.44. The highest BCUT2D eigenvalue weighted by Gasteiger charge is 2.21. The van der Waals surface area contributed by atoms with Gasteiger partial charge in [-0.15, -0.1) is 0 Å². The molecule has 1 aromatic rings. The van der Waals surface area contributed by atoms with Crippen LogP contribution in [-0.4, -0.2) is 31.1 Å². The number of esters is 1. The van der Waals surface area contributed by atoms with Crippen molar-refractivity contribution in [3.05, 3.63) is 23.3 Å². The molecule has 0 spiro atoms. The minimum atomic E-state index is -0.238. The SMILES string of the molecule is CCCCCCCCCCCCCCCc1cc(OCCBr)cc(OCCCCCCCC)c1C(=O)OCCCCCCCC. The fourth-order valence-corrected chi connectivity index (χ4v) is 6.11. The highest BCUT2D eigenvalue weighted by molar-refractivity contribution is 9.09. The van der Waals surface area contributed by atoms with Crippen molar-refractivity contribution in [3.8, 4) is 11.5 Å². The van der Waals surface area contributed by atoms with Gasteiger partial charge in [0.2, 0.25) is 0 Å². The van der Waals surface area contributed by atoms with Gasteiger partial charge in [0.25, 0.3) is 0 Å². The quantitative estimate of drug-likeness (QED) is 0.0417. The zero-order valence-electron chi connectivity index (χ0n) is 29.9. The van der Waals surface area contributed by atoms with E-state index in [0.29, 0.717) is 31.1 Å². The third-order valence-corrected chi connectivity index (χ3v) is 9.07. The molecule has 0 aliphatic carbocycles. The number of rotatable bonds is 33. The topological polar surface area (TPSA) is 44.8 Å². The van der Waals surface area contributed by atoms with Crippen LogP contribution in [-0.2, 0) is 11.2 Å². The van der Waals surface area contributed by atoms with Crippen LogP contribution >= 0.6 is 15.9 Å². The molecule has 0 aliphatic heterocycles. The van der Waals surface area contributed by atoms with E-state index < -0.39 is 0 Å². The Morgan fingerprint density at radius 3 is 1.47 bits per heavy atom. The summed E-state index contributed by atoms with van der Waals surface area (Å²) in [6, 6.07) is 3.97. The lowest BCUT2D eigenvalue weighted by Gasteiger charge is -2.18. The lowest BCUT2D eigenvalue weighted by Crippen LogP contribution is -2.14. The van der Waals surface area contributed by atoms with Gasteiger partial charge in [-0.3, -0.25) is 0 Å². The van der Waals surface area contributed by atoms with Crippen LogP contribution in [0.1, 0.15) is 197 Å². The van der Waals surface area contributed by atoms with Gasteiger partial charge in [-0.25, -0.2) is 4.79 Å². The summed E-state index contributed by atoms with van der Waals surface area (Å²) in [5, 5.41) is 0.761. The maximum atomic E-state index is 13.5. The maximum absolute atomic E-state index is 13.5. The van der Waals surface area contributed by atoms with Crippen LogP contribution in [0, 0.1) is 0 Å². The fourth-order valence-electron chi connectivity index (χ4n) is 5.94. The van der Waals surface area contributed by atoms with Crippen LogP contribution in [0.2, 0.25) is 0 Å². The first-order valence-corrected chi connectivity index (χ1v) is 20.5. The van der Waals surface area contributed by atoms with Gasteiger partial charge >= 0.3 is 5.97 Å². The molecule has 0 aromatic heterocycles. The highest BCUT2D eigenvalue weighted by Crippen LogP contribution is 2.32. The van der Waals surface area contributed by atoms with Crippen molar-refractivity contribution in [3.63, 3.8) is 0 Å². The molecule has 0 saturated carbocycles. The summed E-state index contributed by atoms with van der Waals surface area (Å²) in [5.74, 6) is 1.18. The molecular weight excluding hydrogens is 624 g/mol. The summed E-state index contributed by atoms with van der Waals surface area (Å²) in [7, 11) is 0. The van der Waals surface area contributed by atoms with E-state index in [1.807, 2.05) is 6.07 Å². The van der Waals surface area contributed by atoms with Crippen molar-refractivity contribution in [1.29, 1.82) is 0 Å². The standard InChI is InChI=1S/C40H71BrO4/c1-4-7-10-13-16-17-18-19-20-21-22-23-26-29-36-34-37(43-33-30-41)35-38(44-31-27-24-14-11-8-5-2)39(36)40(42)45-32-28-25-15-12-9-6-3/h34-35H,4-33H2,1-3H3. The van der Waals surface area contributed by atoms with E-state index in [4.69, 9.17) is 14.2 Å². The monoisotopic (exact) mass is 694 g/mol. The maximum Gasteiger partial charge on any atom is 0.342 e. The van der Waals surface area contributed by atoms with Crippen LogP contribution < -0.4 is 9.47 Å². The summed E-state index contributed by atoms with van der Waals surface area (Å²) < 4.78 is 18.2. The molecule has 0 bridgehead atoms. The van der Waals surface area contributed by atoms with Gasteiger partial charge in [0, 0.05) is 11.4 Å². The number of benzene rings is 1. The van der Waals surface area contributed by atoms with Crippen molar-refractivity contribution < 1.29 is 19.0 Å². The number of hydrogen-bond acceptors (Lipinski definition) is 4. The largest absolute Gasteiger partial charge is 0.493 e. The van der Waals surface area contributed by atoms with Gasteiger partial charge in [0.15, 0.2) is 0 Å². The predicted octanol–water partition coefficient (Wildman–Crippen LogP) is 13.4. The molecule has 262 valence electrons. The van der Waals surface area contributed by atoms with E-state index in [1.165, 1.54) is 128 Å². The Bertz CT molecular complexity index is 812. The molecule has 0 atom stereocenters. The van der Waals surface area contributed by atoms with E-state index in [-0.39, 0.29) is 5.97 Å². The number of alkyl halides is 1. The summed E-state index contributed by atoms with van der Waals surface area (Å²) in [5.41, 5.74) is 1.63.